The Kier molecular flexibility index (Phi) is 3.55. The molecule has 0 unspecified atom stereocenters. The van der Waals surface area contributed by atoms with Crippen LogP contribution in [0.5, 0.6) is 0 Å². The average Bonchev–Trinajstić information content (AvgIpc) is 2.87. The Morgan fingerprint density at radius 2 is 2.10 bits per heavy atom. The van der Waals surface area contributed by atoms with Crippen LogP contribution in [0.1, 0.15) is 32.1 Å². The topological polar surface area (TPSA) is 101 Å². The molecule has 1 heterocycles. The maximum absolute atomic E-state index is 12.6. The summed E-state index contributed by atoms with van der Waals surface area (Å²) >= 11 is 0. The van der Waals surface area contributed by atoms with Crippen LogP contribution < -0.4 is 16.8 Å². The van der Waals surface area contributed by atoms with Crippen LogP contribution in [-0.2, 0) is 4.79 Å². The van der Waals surface area contributed by atoms with E-state index < -0.39 is 11.2 Å². The monoisotopic (exact) mass is 289 g/mol. The molecule has 0 spiro atoms. The van der Waals surface area contributed by atoms with Crippen LogP contribution in [0, 0.1) is 5.41 Å². The number of benzene rings is 1. The molecule has 6 heteroatoms. The van der Waals surface area contributed by atoms with Crippen molar-refractivity contribution in [3.05, 3.63) is 28.7 Å². The number of oxazole rings is 1. The van der Waals surface area contributed by atoms with E-state index in [1.807, 2.05) is 0 Å². The van der Waals surface area contributed by atoms with Crippen molar-refractivity contribution in [1.29, 1.82) is 0 Å². The number of hydrogen-bond acceptors (Lipinski definition) is 4. The van der Waals surface area contributed by atoms with Crippen molar-refractivity contribution in [3.63, 3.8) is 0 Å². The Morgan fingerprint density at radius 3 is 2.81 bits per heavy atom. The van der Waals surface area contributed by atoms with E-state index in [0.717, 1.165) is 32.1 Å². The second-order valence-corrected chi connectivity index (χ2v) is 5.72. The van der Waals surface area contributed by atoms with Gasteiger partial charge >= 0.3 is 5.76 Å². The normalized spacial score (nSPS) is 17.8. The van der Waals surface area contributed by atoms with E-state index in [-0.39, 0.29) is 5.91 Å². The third-order valence-corrected chi connectivity index (χ3v) is 4.36. The largest absolute Gasteiger partial charge is 0.417 e. The molecule has 3 rings (SSSR count). The van der Waals surface area contributed by atoms with Crippen molar-refractivity contribution in [2.45, 2.75) is 32.1 Å². The molecular weight excluding hydrogens is 270 g/mol. The fourth-order valence-corrected chi connectivity index (χ4v) is 3.05. The summed E-state index contributed by atoms with van der Waals surface area (Å²) < 4.78 is 4.94. The quantitative estimate of drug-likeness (QED) is 0.804. The summed E-state index contributed by atoms with van der Waals surface area (Å²) in [6.45, 7) is 0.365. The number of aromatic nitrogens is 1. The van der Waals surface area contributed by atoms with Gasteiger partial charge < -0.3 is 15.5 Å². The van der Waals surface area contributed by atoms with Crippen LogP contribution in [0.3, 0.4) is 0 Å². The summed E-state index contributed by atoms with van der Waals surface area (Å²) in [4.78, 5) is 26.3. The van der Waals surface area contributed by atoms with Gasteiger partial charge in [-0.25, -0.2) is 4.79 Å². The van der Waals surface area contributed by atoms with Crippen LogP contribution in [-0.4, -0.2) is 17.4 Å². The first-order valence-corrected chi connectivity index (χ1v) is 7.27. The van der Waals surface area contributed by atoms with Crippen LogP contribution >= 0.6 is 0 Å². The van der Waals surface area contributed by atoms with Crippen molar-refractivity contribution in [3.8, 4) is 0 Å². The number of anilines is 1. The molecule has 4 N–H and O–H groups in total. The molecule has 0 atom stereocenters. The van der Waals surface area contributed by atoms with Gasteiger partial charge in [-0.05, 0) is 31.0 Å². The van der Waals surface area contributed by atoms with E-state index in [2.05, 4.69) is 10.3 Å². The second kappa shape index (κ2) is 5.37. The number of nitrogens with two attached hydrogens (primary N) is 1. The molecule has 1 amide bonds. The Labute approximate surface area is 121 Å². The molecular formula is C15H19N3O3. The molecule has 0 bridgehead atoms. The van der Waals surface area contributed by atoms with Crippen molar-refractivity contribution in [2.75, 3.05) is 11.9 Å². The number of carbonyl (C=O) groups excluding carboxylic acids is 1. The lowest BCUT2D eigenvalue weighted by molar-refractivity contribution is -0.126. The van der Waals surface area contributed by atoms with Crippen molar-refractivity contribution in [2.24, 2.45) is 11.1 Å². The Bertz CT molecular complexity index is 710. The van der Waals surface area contributed by atoms with E-state index in [1.165, 1.54) is 0 Å². The van der Waals surface area contributed by atoms with Gasteiger partial charge in [-0.15, -0.1) is 0 Å². The Morgan fingerprint density at radius 1 is 1.33 bits per heavy atom. The standard InChI is InChI=1S/C15H19N3O3/c16-9-15(6-2-1-3-7-15)13(19)17-10-4-5-12-11(8-10)18-14(20)21-12/h4-5,8H,1-3,6-7,9,16H2,(H,17,19)(H,18,20). The Balaban J connectivity index is 1.83. The first kappa shape index (κ1) is 13.9. The number of hydrogen-bond donors (Lipinski definition) is 3. The smallest absolute Gasteiger partial charge is 0.408 e. The molecule has 0 saturated heterocycles. The number of aromatic amines is 1. The maximum atomic E-state index is 12.6. The van der Waals surface area contributed by atoms with Gasteiger partial charge in [0.25, 0.3) is 0 Å². The van der Waals surface area contributed by atoms with Gasteiger partial charge in [-0.1, -0.05) is 19.3 Å². The number of fused-ring (bicyclic) bond motifs is 1. The maximum Gasteiger partial charge on any atom is 0.417 e. The number of H-pyrrole nitrogens is 1. The van der Waals surface area contributed by atoms with Crippen LogP contribution in [0.4, 0.5) is 5.69 Å². The summed E-state index contributed by atoms with van der Waals surface area (Å²) in [6, 6.07) is 5.09. The summed E-state index contributed by atoms with van der Waals surface area (Å²) in [5.74, 6) is -0.533. The fourth-order valence-electron chi connectivity index (χ4n) is 3.05. The van der Waals surface area contributed by atoms with Gasteiger partial charge in [0.2, 0.25) is 5.91 Å². The molecule has 112 valence electrons. The average molecular weight is 289 g/mol. The first-order chi connectivity index (χ1) is 10.1. The molecule has 0 aliphatic heterocycles. The minimum Gasteiger partial charge on any atom is -0.408 e. The number of nitrogens with one attached hydrogen (secondary N) is 2. The SMILES string of the molecule is NCC1(C(=O)Nc2ccc3oc(=O)[nH]c3c2)CCCCC1. The van der Waals surface area contributed by atoms with Gasteiger partial charge in [0.05, 0.1) is 10.9 Å². The van der Waals surface area contributed by atoms with Crippen molar-refractivity contribution in [1.82, 2.24) is 4.98 Å². The zero-order valence-electron chi connectivity index (χ0n) is 11.8. The highest BCUT2D eigenvalue weighted by atomic mass is 16.4. The van der Waals surface area contributed by atoms with Crippen molar-refractivity contribution < 1.29 is 9.21 Å². The highest BCUT2D eigenvalue weighted by Crippen LogP contribution is 2.36. The predicted octanol–water partition coefficient (Wildman–Crippen LogP) is 1.97. The molecule has 2 aromatic rings. The molecule has 1 fully saturated rings. The fraction of sp³-hybridized carbons (Fsp3) is 0.467. The predicted molar refractivity (Wildman–Crippen MR) is 80.0 cm³/mol. The third-order valence-electron chi connectivity index (χ3n) is 4.36. The molecule has 1 aromatic heterocycles. The van der Waals surface area contributed by atoms with E-state index in [9.17, 15) is 9.59 Å². The van der Waals surface area contributed by atoms with Gasteiger partial charge in [0.15, 0.2) is 5.58 Å². The number of amides is 1. The van der Waals surface area contributed by atoms with Gasteiger partial charge in [-0.3, -0.25) is 9.78 Å². The first-order valence-electron chi connectivity index (χ1n) is 7.27. The van der Waals surface area contributed by atoms with E-state index >= 15 is 0 Å². The molecule has 1 aliphatic carbocycles. The lowest BCUT2D eigenvalue weighted by atomic mass is 9.73. The van der Waals surface area contributed by atoms with Crippen molar-refractivity contribution >= 4 is 22.7 Å². The van der Waals surface area contributed by atoms with Crippen LogP contribution in [0.15, 0.2) is 27.4 Å². The number of rotatable bonds is 3. The summed E-state index contributed by atoms with van der Waals surface area (Å²) in [5, 5.41) is 2.92. The molecule has 6 nitrogen and oxygen atoms in total. The highest BCUT2D eigenvalue weighted by molar-refractivity contribution is 5.96. The highest BCUT2D eigenvalue weighted by Gasteiger charge is 2.38. The van der Waals surface area contributed by atoms with Gasteiger partial charge in [0, 0.05) is 12.2 Å². The second-order valence-electron chi connectivity index (χ2n) is 5.72. The molecule has 21 heavy (non-hydrogen) atoms. The van der Waals surface area contributed by atoms with E-state index in [0.29, 0.717) is 23.3 Å². The minimum absolute atomic E-state index is 0.0325. The third kappa shape index (κ3) is 2.58. The summed E-state index contributed by atoms with van der Waals surface area (Å²) in [7, 11) is 0. The van der Waals surface area contributed by atoms with E-state index in [1.54, 1.807) is 18.2 Å². The lowest BCUT2D eigenvalue weighted by Crippen LogP contribution is -2.43. The zero-order valence-corrected chi connectivity index (χ0v) is 11.8. The number of carbonyl (C=O) groups is 1. The molecule has 1 aromatic carbocycles. The lowest BCUT2D eigenvalue weighted by Gasteiger charge is -2.34. The van der Waals surface area contributed by atoms with Gasteiger partial charge in [-0.2, -0.15) is 0 Å². The Hall–Kier alpha value is -2.08. The summed E-state index contributed by atoms with van der Waals surface area (Å²) in [6.07, 6.45) is 4.91. The molecule has 0 radical (unpaired) electrons. The van der Waals surface area contributed by atoms with E-state index in [4.69, 9.17) is 10.2 Å². The van der Waals surface area contributed by atoms with Crippen LogP contribution in [0.2, 0.25) is 0 Å². The van der Waals surface area contributed by atoms with Crippen LogP contribution in [0.25, 0.3) is 11.1 Å². The van der Waals surface area contributed by atoms with Gasteiger partial charge in [0.1, 0.15) is 0 Å². The zero-order chi connectivity index (χ0) is 14.9. The summed E-state index contributed by atoms with van der Waals surface area (Å²) in [5.41, 5.74) is 7.09. The molecule has 1 aliphatic rings. The molecule has 1 saturated carbocycles. The minimum atomic E-state index is -0.501.